The van der Waals surface area contributed by atoms with E-state index in [0.717, 1.165) is 34.2 Å². The molecule has 2 aromatic rings. The van der Waals surface area contributed by atoms with Gasteiger partial charge in [-0.25, -0.2) is 4.79 Å². The fraction of sp³-hybridized carbons (Fsp3) is 0.531. The number of imide groups is 2. The van der Waals surface area contributed by atoms with E-state index in [0.29, 0.717) is 17.6 Å². The summed E-state index contributed by atoms with van der Waals surface area (Å²) in [5, 5.41) is 4.20. The third kappa shape index (κ3) is 23.1. The van der Waals surface area contributed by atoms with E-state index in [1.165, 1.54) is 23.5 Å². The Morgan fingerprint density at radius 3 is 1.56 bits per heavy atom. The minimum absolute atomic E-state index is 0. The Kier molecular flexibility index (Phi) is 30.6. The van der Waals surface area contributed by atoms with Crippen LogP contribution in [0.15, 0.2) is 65.8 Å². The van der Waals surface area contributed by atoms with Gasteiger partial charge in [0.05, 0.1) is 23.3 Å². The molecule has 1 fully saturated rings. The number of amides is 5. The number of anilines is 1. The van der Waals surface area contributed by atoms with Gasteiger partial charge in [-0.1, -0.05) is 133 Å². The molecule has 0 unspecified atom stereocenters. The predicted octanol–water partition coefficient (Wildman–Crippen LogP) is 9.90. The van der Waals surface area contributed by atoms with Crippen LogP contribution >= 0.6 is 0 Å². The fourth-order valence-electron chi connectivity index (χ4n) is 4.43. The summed E-state index contributed by atoms with van der Waals surface area (Å²) >= 11 is 0. The van der Waals surface area contributed by atoms with Gasteiger partial charge >= 0.3 is 5.97 Å². The Bertz CT molecular complexity index is 1810. The van der Waals surface area contributed by atoms with Crippen molar-refractivity contribution < 1.29 is 38.4 Å². The number of hydrogen-bond acceptors (Lipinski definition) is 8. The van der Waals surface area contributed by atoms with Crippen LogP contribution in [0.25, 0.3) is 0 Å². The van der Waals surface area contributed by atoms with Crippen LogP contribution in [-0.4, -0.2) is 69.1 Å². The first-order chi connectivity index (χ1) is 27.6. The number of nitrogens with zero attached hydrogens (tertiary/aromatic N) is 5. The lowest BCUT2D eigenvalue weighted by molar-refractivity contribution is -0.199. The van der Waals surface area contributed by atoms with E-state index in [1.807, 2.05) is 95.0 Å². The van der Waals surface area contributed by atoms with Crippen molar-refractivity contribution in [1.29, 1.82) is 0 Å². The van der Waals surface area contributed by atoms with Gasteiger partial charge in [0.2, 0.25) is 5.91 Å². The van der Waals surface area contributed by atoms with Crippen LogP contribution in [0.4, 0.5) is 5.69 Å². The molecule has 0 saturated carbocycles. The number of carbonyl (C=O) groups is 6. The second-order valence-electron chi connectivity index (χ2n) is 16.0. The van der Waals surface area contributed by atoms with Crippen LogP contribution in [0.1, 0.15) is 148 Å². The van der Waals surface area contributed by atoms with E-state index < -0.39 is 17.8 Å². The molecule has 12 nitrogen and oxygen atoms in total. The van der Waals surface area contributed by atoms with Crippen molar-refractivity contribution in [2.45, 2.75) is 150 Å². The van der Waals surface area contributed by atoms with E-state index in [-0.39, 0.29) is 63.3 Å². The van der Waals surface area contributed by atoms with E-state index in [9.17, 15) is 28.8 Å². The first-order valence-corrected chi connectivity index (χ1v) is 20.4. The lowest BCUT2D eigenvalue weighted by atomic mass is 10.0. The van der Waals surface area contributed by atoms with Crippen molar-refractivity contribution in [2.24, 2.45) is 28.8 Å². The third-order valence-electron chi connectivity index (χ3n) is 7.78. The average molecular weight is 847 g/mol. The molecule has 12 heteroatoms. The highest BCUT2D eigenvalue weighted by Crippen LogP contribution is 2.26. The van der Waals surface area contributed by atoms with Gasteiger partial charge in [-0.3, -0.25) is 28.9 Å². The molecule has 0 aliphatic carbocycles. The summed E-state index contributed by atoms with van der Waals surface area (Å²) in [6.07, 6.45) is 4.15. The van der Waals surface area contributed by atoms with Crippen LogP contribution in [-0.2, 0) is 40.1 Å². The molecule has 0 bridgehead atoms. The number of carbonyl (C=O) groups excluding carboxylic acids is 6. The smallest absolute Gasteiger partial charge is 0.330 e. The van der Waals surface area contributed by atoms with Crippen molar-refractivity contribution in [3.63, 3.8) is 0 Å². The van der Waals surface area contributed by atoms with E-state index in [4.69, 9.17) is 0 Å². The molecule has 0 spiro atoms. The molecule has 5 rings (SSSR count). The summed E-state index contributed by atoms with van der Waals surface area (Å²) in [6.45, 7) is 31.5. The van der Waals surface area contributed by atoms with Crippen molar-refractivity contribution >= 4 is 47.9 Å². The first-order valence-electron chi connectivity index (χ1n) is 20.4. The van der Waals surface area contributed by atoms with Crippen LogP contribution in [0.3, 0.4) is 0 Å². The highest BCUT2D eigenvalue weighted by molar-refractivity contribution is 6.13. The van der Waals surface area contributed by atoms with Crippen LogP contribution in [0.5, 0.6) is 0 Å². The zero-order chi connectivity index (χ0) is 45.4. The molecule has 0 atom stereocenters. The van der Waals surface area contributed by atoms with Gasteiger partial charge in [0.25, 0.3) is 30.3 Å². The second kappa shape index (κ2) is 31.2. The number of hydrogen-bond donors (Lipinski definition) is 0. The maximum absolute atomic E-state index is 12.6. The molecule has 0 N–H and O–H groups in total. The van der Waals surface area contributed by atoms with Gasteiger partial charge < -0.3 is 9.74 Å². The number of fused-ring (bicyclic) bond motifs is 2. The van der Waals surface area contributed by atoms with Crippen molar-refractivity contribution in [2.75, 3.05) is 4.90 Å². The molecule has 338 valence electrons. The van der Waals surface area contributed by atoms with E-state index in [2.05, 4.69) is 74.8 Å². The standard InChI is InChI=1S/C19H17NO.C8H11NO4.C7H9NO2.C5H12.C4H9N2.C4H10.2CH4/c1-14(2)19(21)20-13-17-9-4-3-7-15(17)11-12-16-8-5-6-10-18(16)20;1-5(2)8(12)13-9-6(10)3-4-7(9)11;1-5(2)8-6(9)3-4-7(8)10;1-4-5(2)3;1-4(2)6-5-3;1-4(2)3;;/h3-10,14H,13H2,1-2H3;5H,3-4H2,1-2H3;3-5H,1-2H3;5H,4H2,1-3H3;4H,3H2,1-2H3;4H,1-3H3;2*1H4/q;;;;+1;;;. The zero-order valence-electron chi connectivity index (χ0n) is 37.9. The highest BCUT2D eigenvalue weighted by Gasteiger charge is 2.33. The number of hydroxylamine groups is 2. The quantitative estimate of drug-likeness (QED) is 0.0924. The predicted molar refractivity (Wildman–Crippen MR) is 247 cm³/mol. The van der Waals surface area contributed by atoms with E-state index in [1.54, 1.807) is 13.8 Å². The molecule has 2 aromatic carbocycles. The van der Waals surface area contributed by atoms with Gasteiger partial charge in [0, 0.05) is 52.9 Å². The van der Waals surface area contributed by atoms with Gasteiger partial charge in [0.15, 0.2) is 0 Å². The van der Waals surface area contributed by atoms with Crippen molar-refractivity contribution in [1.82, 2.24) is 9.96 Å². The zero-order valence-corrected chi connectivity index (χ0v) is 37.9. The molecule has 1 saturated heterocycles. The van der Waals surface area contributed by atoms with Gasteiger partial charge in [0.1, 0.15) is 6.04 Å². The summed E-state index contributed by atoms with van der Waals surface area (Å²) in [5.74, 6) is 6.00. The maximum Gasteiger partial charge on any atom is 0.335 e. The van der Waals surface area contributed by atoms with Crippen molar-refractivity contribution in [3.8, 4) is 11.8 Å². The Balaban J connectivity index is -0.000000729. The summed E-state index contributed by atoms with van der Waals surface area (Å²) in [7, 11) is 0. The van der Waals surface area contributed by atoms with Crippen molar-refractivity contribution in [3.05, 3.63) is 77.4 Å². The Morgan fingerprint density at radius 2 is 1.18 bits per heavy atom. The van der Waals surface area contributed by atoms with E-state index >= 15 is 0 Å². The molecule has 0 radical (unpaired) electrons. The average Bonchev–Trinajstić information content (AvgIpc) is 3.67. The summed E-state index contributed by atoms with van der Waals surface area (Å²) in [6, 6.07) is 16.1. The minimum atomic E-state index is -0.566. The Labute approximate surface area is 367 Å². The highest BCUT2D eigenvalue weighted by atomic mass is 16.7. The second-order valence-corrected chi connectivity index (χ2v) is 16.0. The van der Waals surface area contributed by atoms with Crippen LogP contribution in [0, 0.1) is 35.5 Å². The monoisotopic (exact) mass is 847 g/mol. The normalized spacial score (nSPS) is 13.0. The molecular formula is C49H76N5O7+. The molecule has 3 aliphatic heterocycles. The number of benzene rings is 2. The first kappa shape index (κ1) is 59.7. The van der Waals surface area contributed by atoms with Gasteiger partial charge in [-0.2, -0.15) is 0 Å². The fourth-order valence-corrected chi connectivity index (χ4v) is 4.43. The molecule has 5 amide bonds. The molecular weight excluding hydrogens is 771 g/mol. The summed E-state index contributed by atoms with van der Waals surface area (Å²) < 4.78 is 0. The number of para-hydroxylation sites is 1. The number of rotatable bonds is 6. The van der Waals surface area contributed by atoms with Gasteiger partial charge in [-0.05, 0) is 63.3 Å². The lowest BCUT2D eigenvalue weighted by Crippen LogP contribution is -2.36. The maximum atomic E-state index is 12.6. The summed E-state index contributed by atoms with van der Waals surface area (Å²) in [5.41, 5.74) is 3.89. The lowest BCUT2D eigenvalue weighted by Gasteiger charge is -2.27. The topological polar surface area (TPSA) is 148 Å². The minimum Gasteiger partial charge on any atom is -0.330 e. The van der Waals surface area contributed by atoms with Crippen LogP contribution in [0.2, 0.25) is 0 Å². The SMILES string of the molecule is C.C.C=[N+]=NC(C)C.CC(C)C.CC(C)C(=O)N1Cc2ccccc2C#Cc2ccccc21.CC(C)C(=O)ON1C(=O)CCC1=O.CC(C)N1C(=O)C=CC1=O.CCC(C)C. The molecule has 3 heterocycles. The molecule has 3 aliphatic rings. The summed E-state index contributed by atoms with van der Waals surface area (Å²) in [4.78, 5) is 78.2. The Morgan fingerprint density at radius 1 is 0.738 bits per heavy atom. The van der Waals surface area contributed by atoms with Gasteiger partial charge in [-0.15, -0.1) is 5.06 Å². The third-order valence-corrected chi connectivity index (χ3v) is 7.78. The Hall–Kier alpha value is -5.66. The molecule has 61 heavy (non-hydrogen) atoms. The molecule has 0 aromatic heterocycles. The van der Waals surface area contributed by atoms with Crippen LogP contribution < -0.4 is 4.90 Å². The largest absolute Gasteiger partial charge is 0.335 e.